The number of carbonyl (C=O) groups excluding carboxylic acids is 1. The number of aromatic nitrogens is 2. The average Bonchev–Trinajstić information content (AvgIpc) is 2.21. The summed E-state index contributed by atoms with van der Waals surface area (Å²) in [6.07, 6.45) is 0. The lowest BCUT2D eigenvalue weighted by Crippen LogP contribution is -2.31. The highest BCUT2D eigenvalue weighted by atomic mass is 16.5. The van der Waals surface area contributed by atoms with Gasteiger partial charge >= 0.3 is 0 Å². The van der Waals surface area contributed by atoms with Crippen LogP contribution in [0.1, 0.15) is 0 Å². The van der Waals surface area contributed by atoms with Crippen LogP contribution < -0.4 is 15.6 Å². The van der Waals surface area contributed by atoms with Gasteiger partial charge in [-0.05, 0) is 0 Å². The molecule has 0 aliphatic heterocycles. The largest absolute Gasteiger partial charge is 0.480 e. The van der Waals surface area contributed by atoms with Crippen molar-refractivity contribution in [1.29, 1.82) is 0 Å². The van der Waals surface area contributed by atoms with Crippen LogP contribution in [0.25, 0.3) is 0 Å². The molecule has 6 nitrogen and oxygen atoms in total. The summed E-state index contributed by atoms with van der Waals surface area (Å²) in [6, 6.07) is 2.75. The topological polar surface area (TPSA) is 73.2 Å². The van der Waals surface area contributed by atoms with Gasteiger partial charge in [0, 0.05) is 19.2 Å². The Kier molecular flexibility index (Phi) is 3.22. The lowest BCUT2D eigenvalue weighted by Gasteiger charge is -2.04. The van der Waals surface area contributed by atoms with E-state index in [9.17, 15) is 9.59 Å². The third-order valence-electron chi connectivity index (χ3n) is 1.62. The van der Waals surface area contributed by atoms with E-state index >= 15 is 0 Å². The number of nitrogens with one attached hydrogen (secondary N) is 1. The van der Waals surface area contributed by atoms with E-state index < -0.39 is 0 Å². The summed E-state index contributed by atoms with van der Waals surface area (Å²) < 4.78 is 5.86. The molecule has 1 rings (SSSR count). The maximum Gasteiger partial charge on any atom is 0.267 e. The summed E-state index contributed by atoms with van der Waals surface area (Å²) in [4.78, 5) is 22.2. The number of methoxy groups -OCH3 is 1. The second-order valence-corrected chi connectivity index (χ2v) is 2.54. The van der Waals surface area contributed by atoms with Crippen molar-refractivity contribution in [2.45, 2.75) is 6.54 Å². The number of hydrogen-bond donors (Lipinski definition) is 1. The first-order valence-corrected chi connectivity index (χ1v) is 4.00. The summed E-state index contributed by atoms with van der Waals surface area (Å²) in [5.74, 6) is 0.0151. The number of nitrogens with zero attached hydrogens (tertiary/aromatic N) is 2. The number of carbonyl (C=O) groups is 1. The van der Waals surface area contributed by atoms with Crippen molar-refractivity contribution in [2.75, 3.05) is 14.2 Å². The third kappa shape index (κ3) is 2.32. The molecule has 1 heterocycles. The molecule has 0 atom stereocenters. The van der Waals surface area contributed by atoms with Gasteiger partial charge in [-0.15, -0.1) is 5.10 Å². The van der Waals surface area contributed by atoms with Crippen molar-refractivity contribution in [3.8, 4) is 5.88 Å². The minimum Gasteiger partial charge on any atom is -0.480 e. The molecular formula is C8H11N3O3. The normalized spacial score (nSPS) is 9.57. The molecule has 0 aliphatic rings. The molecule has 1 aromatic heterocycles. The molecular weight excluding hydrogens is 186 g/mol. The zero-order valence-electron chi connectivity index (χ0n) is 7.98. The van der Waals surface area contributed by atoms with Gasteiger partial charge in [0.25, 0.3) is 5.56 Å². The summed E-state index contributed by atoms with van der Waals surface area (Å²) in [7, 11) is 2.94. The van der Waals surface area contributed by atoms with E-state index in [1.54, 1.807) is 0 Å². The Hall–Kier alpha value is -1.85. The SMILES string of the molecule is CNC(=O)Cn1nc(OC)ccc1=O. The summed E-state index contributed by atoms with van der Waals surface area (Å²) >= 11 is 0. The summed E-state index contributed by atoms with van der Waals surface area (Å²) in [5.41, 5.74) is -0.339. The predicted octanol–water partition coefficient (Wildman–Crippen LogP) is -1.00. The van der Waals surface area contributed by atoms with Gasteiger partial charge in [-0.3, -0.25) is 9.59 Å². The number of likely N-dealkylation sites (N-methyl/N-ethyl adjacent to an activating group) is 1. The van der Waals surface area contributed by atoms with Crippen LogP contribution in [-0.2, 0) is 11.3 Å². The molecule has 0 radical (unpaired) electrons. The van der Waals surface area contributed by atoms with Crippen LogP contribution in [0.2, 0.25) is 0 Å². The van der Waals surface area contributed by atoms with Gasteiger partial charge in [0.2, 0.25) is 11.8 Å². The Bertz CT molecular complexity index is 386. The molecule has 76 valence electrons. The second-order valence-electron chi connectivity index (χ2n) is 2.54. The smallest absolute Gasteiger partial charge is 0.267 e. The fraction of sp³-hybridized carbons (Fsp3) is 0.375. The minimum atomic E-state index is -0.339. The van der Waals surface area contributed by atoms with Crippen LogP contribution in [-0.4, -0.2) is 29.8 Å². The van der Waals surface area contributed by atoms with E-state index in [0.29, 0.717) is 5.88 Å². The molecule has 0 spiro atoms. The van der Waals surface area contributed by atoms with Gasteiger partial charge in [-0.25, -0.2) is 4.68 Å². The molecule has 0 saturated carbocycles. The first-order valence-electron chi connectivity index (χ1n) is 4.00. The van der Waals surface area contributed by atoms with E-state index in [-0.39, 0.29) is 18.0 Å². The zero-order chi connectivity index (χ0) is 10.6. The van der Waals surface area contributed by atoms with Crippen molar-refractivity contribution in [3.63, 3.8) is 0 Å². The van der Waals surface area contributed by atoms with E-state index in [2.05, 4.69) is 10.4 Å². The maximum absolute atomic E-state index is 11.2. The maximum atomic E-state index is 11.2. The first-order chi connectivity index (χ1) is 6.67. The van der Waals surface area contributed by atoms with Crippen LogP contribution >= 0.6 is 0 Å². The van der Waals surface area contributed by atoms with E-state index in [4.69, 9.17) is 4.74 Å². The van der Waals surface area contributed by atoms with Crippen LogP contribution in [0, 0.1) is 0 Å². The molecule has 14 heavy (non-hydrogen) atoms. The molecule has 0 aromatic carbocycles. The van der Waals surface area contributed by atoms with Gasteiger partial charge in [-0.2, -0.15) is 0 Å². The fourth-order valence-corrected chi connectivity index (χ4v) is 0.867. The predicted molar refractivity (Wildman–Crippen MR) is 49.1 cm³/mol. The molecule has 0 saturated heterocycles. The number of hydrogen-bond acceptors (Lipinski definition) is 4. The van der Waals surface area contributed by atoms with E-state index in [1.165, 1.54) is 26.3 Å². The lowest BCUT2D eigenvalue weighted by atomic mass is 10.5. The van der Waals surface area contributed by atoms with Crippen LogP contribution in [0.15, 0.2) is 16.9 Å². The fourth-order valence-electron chi connectivity index (χ4n) is 0.867. The van der Waals surface area contributed by atoms with Gasteiger partial charge in [-0.1, -0.05) is 0 Å². The van der Waals surface area contributed by atoms with Crippen LogP contribution in [0.3, 0.4) is 0 Å². The molecule has 1 aromatic rings. The Labute approximate surface area is 80.5 Å². The van der Waals surface area contributed by atoms with Crippen molar-refractivity contribution in [3.05, 3.63) is 22.5 Å². The number of ether oxygens (including phenoxy) is 1. The van der Waals surface area contributed by atoms with Crippen molar-refractivity contribution >= 4 is 5.91 Å². The monoisotopic (exact) mass is 197 g/mol. The van der Waals surface area contributed by atoms with E-state index in [1.807, 2.05) is 0 Å². The standard InChI is InChI=1S/C8H11N3O3/c1-9-6(12)5-11-8(13)4-3-7(10-11)14-2/h3-4H,5H2,1-2H3,(H,9,12). The summed E-state index contributed by atoms with van der Waals surface area (Å²) in [5, 5.41) is 6.20. The van der Waals surface area contributed by atoms with Gasteiger partial charge in [0.15, 0.2) is 0 Å². The Balaban J connectivity index is 2.95. The quantitative estimate of drug-likeness (QED) is 0.674. The molecule has 0 aliphatic carbocycles. The van der Waals surface area contributed by atoms with Crippen molar-refractivity contribution in [2.24, 2.45) is 0 Å². The van der Waals surface area contributed by atoms with Gasteiger partial charge in [0.1, 0.15) is 6.54 Å². The van der Waals surface area contributed by atoms with Gasteiger partial charge < -0.3 is 10.1 Å². The Morgan fingerprint density at radius 3 is 2.93 bits per heavy atom. The lowest BCUT2D eigenvalue weighted by molar-refractivity contribution is -0.121. The van der Waals surface area contributed by atoms with Crippen molar-refractivity contribution in [1.82, 2.24) is 15.1 Å². The highest BCUT2D eigenvalue weighted by molar-refractivity contribution is 5.75. The number of amides is 1. The highest BCUT2D eigenvalue weighted by Gasteiger charge is 2.04. The zero-order valence-corrected chi connectivity index (χ0v) is 7.98. The molecule has 1 amide bonds. The molecule has 0 fully saturated rings. The number of rotatable bonds is 3. The first kappa shape index (κ1) is 10.2. The van der Waals surface area contributed by atoms with Crippen LogP contribution in [0.5, 0.6) is 5.88 Å². The molecule has 0 unspecified atom stereocenters. The van der Waals surface area contributed by atoms with Crippen molar-refractivity contribution < 1.29 is 9.53 Å². The third-order valence-corrected chi connectivity index (χ3v) is 1.62. The average molecular weight is 197 g/mol. The highest BCUT2D eigenvalue weighted by Crippen LogP contribution is 1.98. The Morgan fingerprint density at radius 1 is 1.64 bits per heavy atom. The second kappa shape index (κ2) is 4.40. The van der Waals surface area contributed by atoms with Crippen LogP contribution in [0.4, 0.5) is 0 Å². The van der Waals surface area contributed by atoms with Gasteiger partial charge in [0.05, 0.1) is 7.11 Å². The molecule has 1 N–H and O–H groups in total. The summed E-state index contributed by atoms with van der Waals surface area (Å²) in [6.45, 7) is -0.105. The molecule has 6 heteroatoms. The molecule has 0 bridgehead atoms. The van der Waals surface area contributed by atoms with E-state index in [0.717, 1.165) is 4.68 Å². The Morgan fingerprint density at radius 2 is 2.36 bits per heavy atom. The minimum absolute atomic E-state index is 0.105.